The van der Waals surface area contributed by atoms with Crippen molar-refractivity contribution < 1.29 is 12.8 Å². The van der Waals surface area contributed by atoms with E-state index < -0.39 is 9.84 Å². The third-order valence-corrected chi connectivity index (χ3v) is 3.75. The van der Waals surface area contributed by atoms with Gasteiger partial charge in [-0.15, -0.1) is 5.10 Å². The first-order valence-electron chi connectivity index (χ1n) is 6.04. The van der Waals surface area contributed by atoms with E-state index in [0.29, 0.717) is 36.3 Å². The lowest BCUT2D eigenvalue weighted by atomic mass is 10.2. The average molecular weight is 296 g/mol. The van der Waals surface area contributed by atoms with Gasteiger partial charge in [0, 0.05) is 25.8 Å². The van der Waals surface area contributed by atoms with E-state index in [4.69, 9.17) is 10.2 Å². The van der Waals surface area contributed by atoms with E-state index in [9.17, 15) is 8.42 Å². The molecule has 3 N–H and O–H groups in total. The van der Waals surface area contributed by atoms with Crippen LogP contribution in [0.5, 0.6) is 0 Å². The lowest BCUT2D eigenvalue weighted by molar-refractivity contribution is 0.505. The molecular formula is C12H16N4O3S. The maximum atomic E-state index is 11.3. The Morgan fingerprint density at radius 1 is 1.25 bits per heavy atom. The third kappa shape index (κ3) is 3.78. The van der Waals surface area contributed by atoms with Crippen LogP contribution in [0.25, 0.3) is 0 Å². The first-order valence-corrected chi connectivity index (χ1v) is 7.93. The van der Waals surface area contributed by atoms with Gasteiger partial charge in [0.2, 0.25) is 5.89 Å². The lowest BCUT2D eigenvalue weighted by Gasteiger charge is -2.03. The fourth-order valence-corrected chi connectivity index (χ4v) is 2.21. The van der Waals surface area contributed by atoms with Gasteiger partial charge in [-0.25, -0.2) is 8.42 Å². The first-order chi connectivity index (χ1) is 9.49. The van der Waals surface area contributed by atoms with Crippen molar-refractivity contribution in [2.45, 2.75) is 17.9 Å². The fraction of sp³-hybridized carbons (Fsp3) is 0.333. The summed E-state index contributed by atoms with van der Waals surface area (Å²) in [4.78, 5) is 0.296. The zero-order valence-electron chi connectivity index (χ0n) is 11.0. The number of anilines is 1. The van der Waals surface area contributed by atoms with E-state index in [0.717, 1.165) is 5.56 Å². The van der Waals surface area contributed by atoms with Gasteiger partial charge in [0.05, 0.1) is 4.90 Å². The highest BCUT2D eigenvalue weighted by molar-refractivity contribution is 7.90. The van der Waals surface area contributed by atoms with Crippen molar-refractivity contribution in [3.63, 3.8) is 0 Å². The minimum absolute atomic E-state index is 0.296. The molecular weight excluding hydrogens is 280 g/mol. The van der Waals surface area contributed by atoms with E-state index in [-0.39, 0.29) is 0 Å². The SMILES string of the molecule is CS(=O)(=O)c1ccc(CNc2nnc(CCN)o2)cc1. The summed E-state index contributed by atoms with van der Waals surface area (Å²) >= 11 is 0. The molecule has 1 heterocycles. The van der Waals surface area contributed by atoms with E-state index in [1.807, 2.05) is 0 Å². The van der Waals surface area contributed by atoms with E-state index >= 15 is 0 Å². The highest BCUT2D eigenvalue weighted by atomic mass is 32.2. The Hall–Kier alpha value is -1.93. The van der Waals surface area contributed by atoms with Crippen LogP contribution >= 0.6 is 0 Å². The standard InChI is InChI=1S/C12H16N4O3S/c1-20(17,18)10-4-2-9(3-5-10)8-14-12-16-15-11(19-12)6-7-13/h2-5H,6-8,13H2,1H3,(H,14,16). The van der Waals surface area contributed by atoms with Crippen LogP contribution in [0.4, 0.5) is 6.01 Å². The van der Waals surface area contributed by atoms with Crippen LogP contribution < -0.4 is 11.1 Å². The van der Waals surface area contributed by atoms with Crippen molar-refractivity contribution >= 4 is 15.9 Å². The molecule has 0 saturated heterocycles. The normalized spacial score (nSPS) is 11.5. The summed E-state index contributed by atoms with van der Waals surface area (Å²) in [5, 5.41) is 10.6. The van der Waals surface area contributed by atoms with Crippen molar-refractivity contribution in [2.75, 3.05) is 18.1 Å². The number of rotatable bonds is 6. The summed E-state index contributed by atoms with van der Waals surface area (Å²) in [5.74, 6) is 0.488. The Kier molecular flexibility index (Phi) is 4.35. The number of nitrogens with one attached hydrogen (secondary N) is 1. The predicted molar refractivity (Wildman–Crippen MR) is 73.9 cm³/mol. The van der Waals surface area contributed by atoms with Crippen LogP contribution in [0.3, 0.4) is 0 Å². The van der Waals surface area contributed by atoms with Crippen LogP contribution in [0, 0.1) is 0 Å². The smallest absolute Gasteiger partial charge is 0.315 e. The Morgan fingerprint density at radius 3 is 2.55 bits per heavy atom. The van der Waals surface area contributed by atoms with Crippen molar-refractivity contribution in [3.05, 3.63) is 35.7 Å². The van der Waals surface area contributed by atoms with Gasteiger partial charge in [-0.1, -0.05) is 17.2 Å². The first kappa shape index (κ1) is 14.5. The summed E-state index contributed by atoms with van der Waals surface area (Å²) in [6.07, 6.45) is 1.72. The van der Waals surface area contributed by atoms with Crippen molar-refractivity contribution in [1.29, 1.82) is 0 Å². The summed E-state index contributed by atoms with van der Waals surface area (Å²) in [5.41, 5.74) is 6.30. The molecule has 7 nitrogen and oxygen atoms in total. The zero-order chi connectivity index (χ0) is 14.6. The maximum absolute atomic E-state index is 11.3. The average Bonchev–Trinajstić information content (AvgIpc) is 2.84. The van der Waals surface area contributed by atoms with Gasteiger partial charge in [-0.05, 0) is 17.7 Å². The fourth-order valence-electron chi connectivity index (χ4n) is 1.58. The minimum Gasteiger partial charge on any atom is -0.408 e. The van der Waals surface area contributed by atoms with Crippen molar-refractivity contribution in [2.24, 2.45) is 5.73 Å². The molecule has 20 heavy (non-hydrogen) atoms. The molecule has 0 aliphatic carbocycles. The van der Waals surface area contributed by atoms with Gasteiger partial charge in [-0.3, -0.25) is 0 Å². The molecule has 0 atom stereocenters. The zero-order valence-corrected chi connectivity index (χ0v) is 11.9. The van der Waals surface area contributed by atoms with Crippen LogP contribution in [0.15, 0.2) is 33.6 Å². The molecule has 0 spiro atoms. The molecule has 2 aromatic rings. The number of hydrogen-bond donors (Lipinski definition) is 2. The maximum Gasteiger partial charge on any atom is 0.315 e. The van der Waals surface area contributed by atoms with Crippen molar-refractivity contribution in [1.82, 2.24) is 10.2 Å². The van der Waals surface area contributed by atoms with Crippen LogP contribution in [-0.2, 0) is 22.8 Å². The second-order valence-corrected chi connectivity index (χ2v) is 6.33. The van der Waals surface area contributed by atoms with Crippen LogP contribution in [0.1, 0.15) is 11.5 Å². The Morgan fingerprint density at radius 2 is 1.95 bits per heavy atom. The van der Waals surface area contributed by atoms with Crippen LogP contribution in [-0.4, -0.2) is 31.4 Å². The largest absolute Gasteiger partial charge is 0.408 e. The summed E-state index contributed by atoms with van der Waals surface area (Å²) < 4.78 is 28.0. The Labute approximate surface area is 117 Å². The minimum atomic E-state index is -3.16. The molecule has 2 rings (SSSR count). The number of aromatic nitrogens is 2. The number of nitrogens with two attached hydrogens (primary N) is 1. The second-order valence-electron chi connectivity index (χ2n) is 4.31. The number of nitrogens with zero attached hydrogens (tertiary/aromatic N) is 2. The van der Waals surface area contributed by atoms with Crippen LogP contribution in [0.2, 0.25) is 0 Å². The van der Waals surface area contributed by atoms with E-state index in [2.05, 4.69) is 15.5 Å². The number of hydrogen-bond acceptors (Lipinski definition) is 7. The van der Waals surface area contributed by atoms with E-state index in [1.165, 1.54) is 6.26 Å². The highest BCUT2D eigenvalue weighted by Gasteiger charge is 2.07. The molecule has 8 heteroatoms. The molecule has 0 amide bonds. The molecule has 1 aromatic heterocycles. The van der Waals surface area contributed by atoms with Gasteiger partial charge >= 0.3 is 6.01 Å². The summed E-state index contributed by atoms with van der Waals surface area (Å²) in [7, 11) is -3.16. The molecule has 0 unspecified atom stereocenters. The van der Waals surface area contributed by atoms with Gasteiger partial charge in [-0.2, -0.15) is 0 Å². The number of sulfone groups is 1. The van der Waals surface area contributed by atoms with Gasteiger partial charge in [0.15, 0.2) is 9.84 Å². The quantitative estimate of drug-likeness (QED) is 0.802. The van der Waals surface area contributed by atoms with Gasteiger partial charge < -0.3 is 15.5 Å². The monoisotopic (exact) mass is 296 g/mol. The lowest BCUT2D eigenvalue weighted by Crippen LogP contribution is -2.02. The molecule has 1 aromatic carbocycles. The summed E-state index contributed by atoms with van der Waals surface area (Å²) in [6.45, 7) is 0.920. The predicted octanol–water partition coefficient (Wildman–Crippen LogP) is 0.586. The second kappa shape index (κ2) is 6.02. The van der Waals surface area contributed by atoms with Gasteiger partial charge in [0.1, 0.15) is 0 Å². The Bertz CT molecular complexity index is 664. The van der Waals surface area contributed by atoms with Crippen molar-refractivity contribution in [3.8, 4) is 0 Å². The van der Waals surface area contributed by atoms with Gasteiger partial charge in [0.25, 0.3) is 0 Å². The molecule has 0 bridgehead atoms. The molecule has 0 saturated carbocycles. The molecule has 0 aliphatic rings. The third-order valence-electron chi connectivity index (χ3n) is 2.62. The molecule has 108 valence electrons. The summed E-state index contributed by atoms with van der Waals surface area (Å²) in [6, 6.07) is 6.93. The molecule has 0 fully saturated rings. The highest BCUT2D eigenvalue weighted by Crippen LogP contribution is 2.12. The topological polar surface area (TPSA) is 111 Å². The number of benzene rings is 1. The molecule has 0 radical (unpaired) electrons. The molecule has 0 aliphatic heterocycles. The van der Waals surface area contributed by atoms with E-state index in [1.54, 1.807) is 24.3 Å². The Balaban J connectivity index is 1.96.